The minimum Gasteiger partial charge on any atom is -0.343 e. The lowest BCUT2D eigenvalue weighted by atomic mass is 10.1. The zero-order chi connectivity index (χ0) is 11.8. The van der Waals surface area contributed by atoms with Crippen LogP contribution in [0, 0.1) is 11.8 Å². The summed E-state index contributed by atoms with van der Waals surface area (Å²) in [6.45, 7) is 3.66. The Hall–Kier alpha value is -1.75. The maximum atomic E-state index is 11.2. The third-order valence-corrected chi connectivity index (χ3v) is 2.32. The molecule has 2 heteroatoms. The van der Waals surface area contributed by atoms with Gasteiger partial charge >= 0.3 is 0 Å². The molecule has 0 radical (unpaired) electrons. The van der Waals surface area contributed by atoms with Crippen molar-refractivity contribution in [2.45, 2.75) is 32.7 Å². The van der Waals surface area contributed by atoms with Gasteiger partial charge in [0.25, 0.3) is 5.91 Å². The molecule has 0 fully saturated rings. The monoisotopic (exact) mass is 215 g/mol. The summed E-state index contributed by atoms with van der Waals surface area (Å²) in [6.07, 6.45) is 1.91. The Morgan fingerprint density at radius 2 is 2.06 bits per heavy atom. The summed E-state index contributed by atoms with van der Waals surface area (Å²) in [5.74, 6) is 4.87. The fraction of sp³-hybridized carbons (Fsp3) is 0.357. The first-order valence-corrected chi connectivity index (χ1v) is 5.49. The van der Waals surface area contributed by atoms with Crippen LogP contribution in [0.25, 0.3) is 0 Å². The van der Waals surface area contributed by atoms with E-state index < -0.39 is 0 Å². The predicted octanol–water partition coefficient (Wildman–Crippen LogP) is 2.15. The third kappa shape index (κ3) is 4.65. The Bertz CT molecular complexity index is 386. The molecule has 84 valence electrons. The van der Waals surface area contributed by atoms with Crippen molar-refractivity contribution in [2.75, 3.05) is 0 Å². The maximum Gasteiger partial charge on any atom is 0.296 e. The molecule has 1 N–H and O–H groups in total. The van der Waals surface area contributed by atoms with Gasteiger partial charge in [-0.2, -0.15) is 0 Å². The van der Waals surface area contributed by atoms with E-state index in [9.17, 15) is 4.79 Å². The highest BCUT2D eigenvalue weighted by Crippen LogP contribution is 2.04. The molecule has 1 rings (SSSR count). The summed E-state index contributed by atoms with van der Waals surface area (Å²) in [7, 11) is 0. The summed E-state index contributed by atoms with van der Waals surface area (Å²) in [6, 6.07) is 10.4. The highest BCUT2D eigenvalue weighted by molar-refractivity contribution is 5.93. The van der Waals surface area contributed by atoms with Crippen molar-refractivity contribution in [3.63, 3.8) is 0 Å². The largest absolute Gasteiger partial charge is 0.343 e. The second-order valence-electron chi connectivity index (χ2n) is 3.77. The van der Waals surface area contributed by atoms with Gasteiger partial charge in [0.1, 0.15) is 0 Å². The first-order chi connectivity index (χ1) is 7.72. The highest BCUT2D eigenvalue weighted by Gasteiger charge is 2.04. The van der Waals surface area contributed by atoms with Crippen LogP contribution in [0.3, 0.4) is 0 Å². The van der Waals surface area contributed by atoms with Gasteiger partial charge in [-0.1, -0.05) is 36.3 Å². The minimum absolute atomic E-state index is 0.161. The Morgan fingerprint density at radius 3 is 2.69 bits per heavy atom. The van der Waals surface area contributed by atoms with E-state index in [1.807, 2.05) is 25.1 Å². The van der Waals surface area contributed by atoms with Crippen molar-refractivity contribution in [1.29, 1.82) is 0 Å². The normalized spacial score (nSPS) is 11.1. The molecule has 0 aliphatic carbocycles. The topological polar surface area (TPSA) is 29.1 Å². The van der Waals surface area contributed by atoms with Crippen LogP contribution >= 0.6 is 0 Å². The third-order valence-electron chi connectivity index (χ3n) is 2.32. The molecule has 0 bridgehead atoms. The Kier molecular flexibility index (Phi) is 5.15. The second kappa shape index (κ2) is 6.68. The molecule has 0 aromatic heterocycles. The molecule has 0 aliphatic rings. The van der Waals surface area contributed by atoms with Crippen LogP contribution < -0.4 is 5.32 Å². The van der Waals surface area contributed by atoms with E-state index in [0.717, 1.165) is 12.8 Å². The molecule has 1 aromatic rings. The van der Waals surface area contributed by atoms with Gasteiger partial charge in [0, 0.05) is 6.04 Å². The number of amides is 1. The number of nitrogens with one attached hydrogen (secondary N) is 1. The van der Waals surface area contributed by atoms with Crippen LogP contribution in [0.4, 0.5) is 0 Å². The zero-order valence-corrected chi connectivity index (χ0v) is 9.79. The summed E-state index contributed by atoms with van der Waals surface area (Å²) >= 11 is 0. The van der Waals surface area contributed by atoms with E-state index in [1.54, 1.807) is 6.92 Å². The molecule has 0 saturated carbocycles. The standard InChI is InChI=1S/C14H17NO/c1-3-7-14(16)15-12(2)10-11-13-8-5-4-6-9-13/h4-6,8-9,12H,10-11H2,1-2H3,(H,15,16). The first kappa shape index (κ1) is 12.3. The molecule has 2 nitrogen and oxygen atoms in total. The van der Waals surface area contributed by atoms with Gasteiger partial charge in [-0.3, -0.25) is 4.79 Å². The Morgan fingerprint density at radius 1 is 1.38 bits per heavy atom. The predicted molar refractivity (Wildman–Crippen MR) is 65.8 cm³/mol. The molecule has 16 heavy (non-hydrogen) atoms. The number of aryl methyl sites for hydroxylation is 1. The van der Waals surface area contributed by atoms with Gasteiger partial charge in [0.15, 0.2) is 0 Å². The SMILES string of the molecule is CC#CC(=O)NC(C)CCc1ccccc1. The van der Waals surface area contributed by atoms with E-state index in [4.69, 9.17) is 0 Å². The van der Waals surface area contributed by atoms with E-state index >= 15 is 0 Å². The van der Waals surface area contributed by atoms with Crippen molar-refractivity contribution < 1.29 is 4.79 Å². The van der Waals surface area contributed by atoms with Gasteiger partial charge in [0.05, 0.1) is 0 Å². The molecule has 1 atom stereocenters. The number of carbonyl (C=O) groups excluding carboxylic acids is 1. The zero-order valence-electron chi connectivity index (χ0n) is 9.79. The Labute approximate surface area is 97.1 Å². The van der Waals surface area contributed by atoms with Gasteiger partial charge in [-0.05, 0) is 38.2 Å². The van der Waals surface area contributed by atoms with Crippen molar-refractivity contribution >= 4 is 5.91 Å². The summed E-state index contributed by atoms with van der Waals surface area (Å²) < 4.78 is 0. The lowest BCUT2D eigenvalue weighted by Crippen LogP contribution is -2.31. The molecule has 1 amide bonds. The molecular formula is C14H17NO. The van der Waals surface area contributed by atoms with Crippen LogP contribution in [-0.2, 0) is 11.2 Å². The molecule has 0 spiro atoms. The number of rotatable bonds is 4. The van der Waals surface area contributed by atoms with E-state index in [0.29, 0.717) is 0 Å². The number of hydrogen-bond acceptors (Lipinski definition) is 1. The van der Waals surface area contributed by atoms with Gasteiger partial charge in [-0.25, -0.2) is 0 Å². The summed E-state index contributed by atoms with van der Waals surface area (Å²) in [5.41, 5.74) is 1.30. The molecule has 1 aromatic carbocycles. The molecule has 0 saturated heterocycles. The average Bonchev–Trinajstić information content (AvgIpc) is 2.28. The lowest BCUT2D eigenvalue weighted by Gasteiger charge is -2.11. The molecule has 0 heterocycles. The average molecular weight is 215 g/mol. The van der Waals surface area contributed by atoms with Crippen molar-refractivity contribution in [3.8, 4) is 11.8 Å². The number of hydrogen-bond donors (Lipinski definition) is 1. The number of benzene rings is 1. The van der Waals surface area contributed by atoms with E-state index in [1.165, 1.54) is 5.56 Å². The maximum absolute atomic E-state index is 11.2. The van der Waals surface area contributed by atoms with Crippen LogP contribution in [0.5, 0.6) is 0 Å². The molecule has 0 aliphatic heterocycles. The highest BCUT2D eigenvalue weighted by atomic mass is 16.1. The van der Waals surface area contributed by atoms with Crippen LogP contribution in [0.15, 0.2) is 30.3 Å². The van der Waals surface area contributed by atoms with Crippen LogP contribution in [-0.4, -0.2) is 11.9 Å². The first-order valence-electron chi connectivity index (χ1n) is 5.49. The van der Waals surface area contributed by atoms with Gasteiger partial charge < -0.3 is 5.32 Å². The minimum atomic E-state index is -0.192. The smallest absolute Gasteiger partial charge is 0.296 e. The number of carbonyl (C=O) groups is 1. The fourth-order valence-electron chi connectivity index (χ4n) is 1.47. The summed E-state index contributed by atoms with van der Waals surface area (Å²) in [5, 5.41) is 2.84. The van der Waals surface area contributed by atoms with Crippen LogP contribution in [0.1, 0.15) is 25.8 Å². The van der Waals surface area contributed by atoms with Gasteiger partial charge in [-0.15, -0.1) is 0 Å². The van der Waals surface area contributed by atoms with E-state index in [-0.39, 0.29) is 11.9 Å². The second-order valence-corrected chi connectivity index (χ2v) is 3.77. The molecule has 1 unspecified atom stereocenters. The lowest BCUT2D eigenvalue weighted by molar-refractivity contribution is -0.116. The van der Waals surface area contributed by atoms with E-state index in [2.05, 4.69) is 29.3 Å². The van der Waals surface area contributed by atoms with Crippen LogP contribution in [0.2, 0.25) is 0 Å². The Balaban J connectivity index is 2.32. The molecular weight excluding hydrogens is 198 g/mol. The van der Waals surface area contributed by atoms with Crippen molar-refractivity contribution in [2.24, 2.45) is 0 Å². The quantitative estimate of drug-likeness (QED) is 0.766. The van der Waals surface area contributed by atoms with Crippen molar-refractivity contribution in [3.05, 3.63) is 35.9 Å². The summed E-state index contributed by atoms with van der Waals surface area (Å²) in [4.78, 5) is 11.2. The van der Waals surface area contributed by atoms with Crippen molar-refractivity contribution in [1.82, 2.24) is 5.32 Å². The fourth-order valence-corrected chi connectivity index (χ4v) is 1.47. The van der Waals surface area contributed by atoms with Gasteiger partial charge in [0.2, 0.25) is 0 Å².